The smallest absolute Gasteiger partial charge is 0.411 e. The fourth-order valence-corrected chi connectivity index (χ4v) is 0.768. The predicted molar refractivity (Wildman–Crippen MR) is 46.8 cm³/mol. The Morgan fingerprint density at radius 2 is 2.08 bits per heavy atom. The van der Waals surface area contributed by atoms with Crippen LogP contribution in [0, 0.1) is 6.92 Å². The van der Waals surface area contributed by atoms with Crippen molar-refractivity contribution in [1.82, 2.24) is 0 Å². The Kier molecular flexibility index (Phi) is 3.14. The van der Waals surface area contributed by atoms with E-state index in [0.29, 0.717) is 0 Å². The average molecular weight is 164 g/mol. The fraction of sp³-hybridized carbons (Fsp3) is 0.111. The SMILES string of the molecule is [CH2]COC(=O)Nc1ccccc1. The minimum Gasteiger partial charge on any atom is -0.449 e. The minimum atomic E-state index is -0.476. The molecule has 0 saturated carbocycles. The van der Waals surface area contributed by atoms with Crippen LogP contribution in [0.4, 0.5) is 10.5 Å². The van der Waals surface area contributed by atoms with Gasteiger partial charge in [-0.05, 0) is 19.1 Å². The third kappa shape index (κ3) is 2.62. The highest BCUT2D eigenvalue weighted by atomic mass is 16.5. The second-order valence-corrected chi connectivity index (χ2v) is 2.13. The second kappa shape index (κ2) is 4.38. The van der Waals surface area contributed by atoms with Crippen molar-refractivity contribution in [3.63, 3.8) is 0 Å². The first kappa shape index (κ1) is 8.59. The third-order valence-electron chi connectivity index (χ3n) is 1.25. The summed E-state index contributed by atoms with van der Waals surface area (Å²) in [5.74, 6) is 0. The first-order valence-corrected chi connectivity index (χ1v) is 3.61. The van der Waals surface area contributed by atoms with E-state index in [1.165, 1.54) is 0 Å². The number of anilines is 1. The zero-order chi connectivity index (χ0) is 8.81. The zero-order valence-electron chi connectivity index (χ0n) is 6.62. The summed E-state index contributed by atoms with van der Waals surface area (Å²) in [6, 6.07) is 9.10. The summed E-state index contributed by atoms with van der Waals surface area (Å²) in [4.78, 5) is 10.8. The summed E-state index contributed by atoms with van der Waals surface area (Å²) in [5.41, 5.74) is 0.718. The molecule has 12 heavy (non-hydrogen) atoms. The zero-order valence-corrected chi connectivity index (χ0v) is 6.62. The Labute approximate surface area is 71.4 Å². The molecule has 1 rings (SSSR count). The van der Waals surface area contributed by atoms with Gasteiger partial charge in [0, 0.05) is 5.69 Å². The number of carbonyl (C=O) groups excluding carboxylic acids is 1. The van der Waals surface area contributed by atoms with E-state index >= 15 is 0 Å². The van der Waals surface area contributed by atoms with Gasteiger partial charge in [-0.3, -0.25) is 5.32 Å². The van der Waals surface area contributed by atoms with Crippen LogP contribution in [-0.4, -0.2) is 12.7 Å². The van der Waals surface area contributed by atoms with E-state index in [0.717, 1.165) is 5.69 Å². The van der Waals surface area contributed by atoms with Crippen molar-refractivity contribution in [3.8, 4) is 0 Å². The largest absolute Gasteiger partial charge is 0.449 e. The number of hydrogen-bond acceptors (Lipinski definition) is 2. The summed E-state index contributed by atoms with van der Waals surface area (Å²) >= 11 is 0. The molecule has 0 bridgehead atoms. The quantitative estimate of drug-likeness (QED) is 0.726. The maximum absolute atomic E-state index is 10.8. The van der Waals surface area contributed by atoms with Crippen molar-refractivity contribution >= 4 is 11.8 Å². The third-order valence-corrected chi connectivity index (χ3v) is 1.25. The van der Waals surface area contributed by atoms with Crippen LogP contribution >= 0.6 is 0 Å². The van der Waals surface area contributed by atoms with Crippen molar-refractivity contribution in [2.24, 2.45) is 0 Å². The summed E-state index contributed by atoms with van der Waals surface area (Å²) in [7, 11) is 0. The lowest BCUT2D eigenvalue weighted by atomic mass is 10.3. The Morgan fingerprint density at radius 3 is 2.67 bits per heavy atom. The second-order valence-electron chi connectivity index (χ2n) is 2.13. The van der Waals surface area contributed by atoms with Crippen LogP contribution in [-0.2, 0) is 4.74 Å². The topological polar surface area (TPSA) is 38.3 Å². The predicted octanol–water partition coefficient (Wildman–Crippen LogP) is 2.07. The van der Waals surface area contributed by atoms with Crippen LogP contribution in [0.2, 0.25) is 0 Å². The molecule has 0 fully saturated rings. The number of nitrogens with one attached hydrogen (secondary N) is 1. The van der Waals surface area contributed by atoms with Crippen LogP contribution in [0.1, 0.15) is 0 Å². The van der Waals surface area contributed by atoms with Gasteiger partial charge < -0.3 is 4.74 Å². The van der Waals surface area contributed by atoms with Crippen molar-refractivity contribution in [3.05, 3.63) is 37.3 Å². The molecule has 0 unspecified atom stereocenters. The molecule has 3 nitrogen and oxygen atoms in total. The molecular weight excluding hydrogens is 154 g/mol. The average Bonchev–Trinajstić information content (AvgIpc) is 2.06. The van der Waals surface area contributed by atoms with E-state index in [2.05, 4.69) is 17.0 Å². The minimum absolute atomic E-state index is 0.138. The van der Waals surface area contributed by atoms with Gasteiger partial charge >= 0.3 is 6.09 Å². The summed E-state index contributed by atoms with van der Waals surface area (Å²) < 4.78 is 4.58. The lowest BCUT2D eigenvalue weighted by Crippen LogP contribution is -2.12. The molecule has 0 heterocycles. The van der Waals surface area contributed by atoms with Crippen LogP contribution < -0.4 is 5.32 Å². The number of carbonyl (C=O) groups is 1. The van der Waals surface area contributed by atoms with Gasteiger partial charge in [0.05, 0.1) is 6.61 Å². The standard InChI is InChI=1S/C9H10NO2/c1-2-12-9(11)10-8-6-4-3-5-7-8/h3-7H,1-2H2,(H,10,11). The molecule has 1 radical (unpaired) electrons. The van der Waals surface area contributed by atoms with E-state index in [9.17, 15) is 4.79 Å². The molecule has 1 amide bonds. The number of hydrogen-bond donors (Lipinski definition) is 1. The first-order chi connectivity index (χ1) is 5.83. The molecule has 1 aromatic rings. The molecule has 1 N–H and O–H groups in total. The van der Waals surface area contributed by atoms with Gasteiger partial charge in [0.25, 0.3) is 0 Å². The van der Waals surface area contributed by atoms with Gasteiger partial charge in [0.15, 0.2) is 0 Å². The molecular formula is C9H10NO2. The highest BCUT2D eigenvalue weighted by Gasteiger charge is 1.98. The molecule has 0 atom stereocenters. The van der Waals surface area contributed by atoms with Gasteiger partial charge in [0.2, 0.25) is 0 Å². The molecule has 0 aromatic heterocycles. The van der Waals surface area contributed by atoms with Crippen LogP contribution in [0.25, 0.3) is 0 Å². The molecule has 0 spiro atoms. The summed E-state index contributed by atoms with van der Waals surface area (Å²) in [6.07, 6.45) is -0.476. The summed E-state index contributed by atoms with van der Waals surface area (Å²) in [5, 5.41) is 2.54. The molecule has 0 saturated heterocycles. The molecule has 1 aromatic carbocycles. The maximum Gasteiger partial charge on any atom is 0.411 e. The van der Waals surface area contributed by atoms with E-state index in [4.69, 9.17) is 0 Å². The highest BCUT2D eigenvalue weighted by Crippen LogP contribution is 2.04. The van der Waals surface area contributed by atoms with Gasteiger partial charge in [-0.2, -0.15) is 0 Å². The Morgan fingerprint density at radius 1 is 1.42 bits per heavy atom. The van der Waals surface area contributed by atoms with E-state index < -0.39 is 6.09 Å². The lowest BCUT2D eigenvalue weighted by Gasteiger charge is -2.03. The molecule has 63 valence electrons. The van der Waals surface area contributed by atoms with Gasteiger partial charge in [-0.15, -0.1) is 0 Å². The first-order valence-electron chi connectivity index (χ1n) is 3.61. The number of para-hydroxylation sites is 1. The number of amides is 1. The normalized spacial score (nSPS) is 9.08. The highest BCUT2D eigenvalue weighted by molar-refractivity contribution is 5.84. The van der Waals surface area contributed by atoms with E-state index in [1.807, 2.05) is 18.2 Å². The van der Waals surface area contributed by atoms with Crippen LogP contribution in [0.3, 0.4) is 0 Å². The van der Waals surface area contributed by atoms with E-state index in [-0.39, 0.29) is 6.61 Å². The Balaban J connectivity index is 2.47. The molecule has 0 aliphatic carbocycles. The van der Waals surface area contributed by atoms with Crippen molar-refractivity contribution in [2.75, 3.05) is 11.9 Å². The summed E-state index contributed by atoms with van der Waals surface area (Å²) in [6.45, 7) is 3.52. The maximum atomic E-state index is 10.8. The number of benzene rings is 1. The molecule has 3 heteroatoms. The monoisotopic (exact) mass is 164 g/mol. The van der Waals surface area contributed by atoms with Crippen molar-refractivity contribution in [1.29, 1.82) is 0 Å². The van der Waals surface area contributed by atoms with Crippen LogP contribution in [0.5, 0.6) is 0 Å². The van der Waals surface area contributed by atoms with Gasteiger partial charge in [-0.1, -0.05) is 18.2 Å². The van der Waals surface area contributed by atoms with Gasteiger partial charge in [0.1, 0.15) is 0 Å². The fourth-order valence-electron chi connectivity index (χ4n) is 0.768. The molecule has 0 aliphatic rings. The van der Waals surface area contributed by atoms with Crippen LogP contribution in [0.15, 0.2) is 30.3 Å². The Bertz CT molecular complexity index is 246. The van der Waals surface area contributed by atoms with Gasteiger partial charge in [-0.25, -0.2) is 4.79 Å². The molecule has 0 aliphatic heterocycles. The number of ether oxygens (including phenoxy) is 1. The Hall–Kier alpha value is -1.51. The van der Waals surface area contributed by atoms with Crippen molar-refractivity contribution in [2.45, 2.75) is 0 Å². The lowest BCUT2D eigenvalue weighted by molar-refractivity contribution is 0.173. The number of rotatable bonds is 2. The van der Waals surface area contributed by atoms with Crippen molar-refractivity contribution < 1.29 is 9.53 Å². The van der Waals surface area contributed by atoms with E-state index in [1.54, 1.807) is 12.1 Å².